The third-order valence-corrected chi connectivity index (χ3v) is 4.19. The molecular weight excluding hydrogens is 403 g/mol. The van der Waals surface area contributed by atoms with Crippen molar-refractivity contribution in [3.8, 4) is 0 Å². The maximum Gasteiger partial charge on any atom is 0.303 e. The van der Waals surface area contributed by atoms with Crippen molar-refractivity contribution in [3.63, 3.8) is 0 Å². The molecule has 30 heavy (non-hydrogen) atoms. The predicted molar refractivity (Wildman–Crippen MR) is 97.3 cm³/mol. The Morgan fingerprint density at radius 2 is 1.30 bits per heavy atom. The van der Waals surface area contributed by atoms with Crippen molar-refractivity contribution in [2.45, 2.75) is 58.2 Å². The molecule has 0 N–H and O–H groups in total. The Bertz CT molecular complexity index is 792. The summed E-state index contributed by atoms with van der Waals surface area (Å²) in [5, 5.41) is 0. The van der Waals surface area contributed by atoms with Crippen LogP contribution in [0.1, 0.15) is 39.4 Å². The van der Waals surface area contributed by atoms with Gasteiger partial charge in [-0.15, -0.1) is 0 Å². The minimum absolute atomic E-state index is 0.324. The SMILES string of the molecule is CC(=O)OC[C@H]1OC(c2ccc(F)cc2)[C@H](OC(C)=O)[C@@H](OC(C)=O)[C@@H]1OC(C)=O. The van der Waals surface area contributed by atoms with Gasteiger partial charge in [0.1, 0.15) is 24.6 Å². The van der Waals surface area contributed by atoms with E-state index in [2.05, 4.69) is 0 Å². The van der Waals surface area contributed by atoms with Crippen LogP contribution in [-0.4, -0.2) is 54.9 Å². The first-order valence-electron chi connectivity index (χ1n) is 9.14. The molecule has 1 fully saturated rings. The molecule has 0 aliphatic carbocycles. The van der Waals surface area contributed by atoms with E-state index < -0.39 is 60.2 Å². The number of ether oxygens (including phenoxy) is 5. The molecule has 0 spiro atoms. The zero-order chi connectivity index (χ0) is 22.4. The maximum absolute atomic E-state index is 13.4. The molecule has 1 aromatic carbocycles. The molecular formula is C20H23FO9. The van der Waals surface area contributed by atoms with Gasteiger partial charge in [0, 0.05) is 27.7 Å². The zero-order valence-electron chi connectivity index (χ0n) is 17.0. The highest BCUT2D eigenvalue weighted by Gasteiger charge is 2.52. The summed E-state index contributed by atoms with van der Waals surface area (Å²) in [5.41, 5.74) is 0.411. The van der Waals surface area contributed by atoms with Crippen LogP contribution in [-0.2, 0) is 42.9 Å². The van der Waals surface area contributed by atoms with Gasteiger partial charge < -0.3 is 23.7 Å². The summed E-state index contributed by atoms with van der Waals surface area (Å²) in [5.74, 6) is -3.24. The maximum atomic E-state index is 13.4. The third kappa shape index (κ3) is 6.24. The molecule has 1 aromatic rings. The first-order chi connectivity index (χ1) is 14.1. The van der Waals surface area contributed by atoms with Gasteiger partial charge in [-0.25, -0.2) is 4.39 Å². The molecule has 1 heterocycles. The van der Waals surface area contributed by atoms with E-state index in [1.807, 2.05) is 0 Å². The van der Waals surface area contributed by atoms with E-state index in [1.165, 1.54) is 31.2 Å². The topological polar surface area (TPSA) is 114 Å². The van der Waals surface area contributed by atoms with E-state index in [0.717, 1.165) is 20.8 Å². The molecule has 9 nitrogen and oxygen atoms in total. The largest absolute Gasteiger partial charge is 0.463 e. The van der Waals surface area contributed by atoms with Crippen LogP contribution in [0.2, 0.25) is 0 Å². The van der Waals surface area contributed by atoms with E-state index in [0.29, 0.717) is 5.56 Å². The molecule has 1 aliphatic heterocycles. The lowest BCUT2D eigenvalue weighted by molar-refractivity contribution is -0.254. The Kier molecular flexibility index (Phi) is 7.87. The number of halogens is 1. The minimum Gasteiger partial charge on any atom is -0.463 e. The number of hydrogen-bond donors (Lipinski definition) is 0. The van der Waals surface area contributed by atoms with Crippen LogP contribution in [0.5, 0.6) is 0 Å². The first kappa shape index (κ1) is 23.3. The number of rotatable bonds is 6. The zero-order valence-corrected chi connectivity index (χ0v) is 17.0. The number of hydrogen-bond acceptors (Lipinski definition) is 9. The van der Waals surface area contributed by atoms with Crippen molar-refractivity contribution in [2.24, 2.45) is 0 Å². The second-order valence-electron chi connectivity index (χ2n) is 6.67. The van der Waals surface area contributed by atoms with Crippen LogP contribution in [0.15, 0.2) is 24.3 Å². The highest BCUT2D eigenvalue weighted by molar-refractivity contribution is 5.68. The average Bonchev–Trinajstić information content (AvgIpc) is 2.63. The van der Waals surface area contributed by atoms with Gasteiger partial charge >= 0.3 is 23.9 Å². The number of carbonyl (C=O) groups is 4. The lowest BCUT2D eigenvalue weighted by Crippen LogP contribution is -2.59. The summed E-state index contributed by atoms with van der Waals surface area (Å²) >= 11 is 0. The van der Waals surface area contributed by atoms with Crippen LogP contribution in [0.4, 0.5) is 4.39 Å². The number of benzene rings is 1. The molecule has 164 valence electrons. The Morgan fingerprint density at radius 1 is 0.800 bits per heavy atom. The van der Waals surface area contributed by atoms with Crippen molar-refractivity contribution in [3.05, 3.63) is 35.6 Å². The third-order valence-electron chi connectivity index (χ3n) is 4.19. The lowest BCUT2D eigenvalue weighted by atomic mass is 9.90. The van der Waals surface area contributed by atoms with E-state index in [4.69, 9.17) is 23.7 Å². The molecule has 1 saturated heterocycles. The summed E-state index contributed by atoms with van der Waals surface area (Å²) < 4.78 is 40.3. The molecule has 1 unspecified atom stereocenters. The minimum atomic E-state index is -1.26. The first-order valence-corrected chi connectivity index (χ1v) is 9.14. The Hall–Kier alpha value is -3.01. The highest BCUT2D eigenvalue weighted by Crippen LogP contribution is 2.37. The smallest absolute Gasteiger partial charge is 0.303 e. The van der Waals surface area contributed by atoms with Crippen molar-refractivity contribution >= 4 is 23.9 Å². The quantitative estimate of drug-likeness (QED) is 0.494. The van der Waals surface area contributed by atoms with Crippen LogP contribution in [0.3, 0.4) is 0 Å². The van der Waals surface area contributed by atoms with Gasteiger partial charge in [-0.1, -0.05) is 12.1 Å². The van der Waals surface area contributed by atoms with Crippen LogP contribution >= 0.6 is 0 Å². The van der Waals surface area contributed by atoms with E-state index >= 15 is 0 Å². The molecule has 0 amide bonds. The van der Waals surface area contributed by atoms with Crippen molar-refractivity contribution in [2.75, 3.05) is 6.61 Å². The van der Waals surface area contributed by atoms with Crippen LogP contribution in [0.25, 0.3) is 0 Å². The summed E-state index contributed by atoms with van der Waals surface area (Å²) in [6.45, 7) is 4.29. The van der Waals surface area contributed by atoms with Gasteiger partial charge in [0.25, 0.3) is 0 Å². The van der Waals surface area contributed by atoms with Gasteiger partial charge in [0.05, 0.1) is 0 Å². The fraction of sp³-hybridized carbons (Fsp3) is 0.500. The van der Waals surface area contributed by atoms with E-state index in [1.54, 1.807) is 0 Å². The monoisotopic (exact) mass is 426 g/mol. The summed E-state index contributed by atoms with van der Waals surface area (Å²) in [4.78, 5) is 46.5. The average molecular weight is 426 g/mol. The van der Waals surface area contributed by atoms with E-state index in [9.17, 15) is 23.6 Å². The molecule has 0 saturated carbocycles. The standard InChI is InChI=1S/C20H23FO9/c1-10(22)26-9-16-18(27-11(2)23)20(29-13(4)25)19(28-12(3)24)17(30-16)14-5-7-15(21)8-6-14/h5-8,16-20H,9H2,1-4H3/t16-,17?,18-,19+,20+/m1/s1. The Balaban J connectivity index is 2.51. The van der Waals surface area contributed by atoms with E-state index in [-0.39, 0.29) is 6.61 Å². The molecule has 10 heteroatoms. The second-order valence-corrected chi connectivity index (χ2v) is 6.67. The molecule has 1 aliphatic rings. The number of carbonyl (C=O) groups excluding carboxylic acids is 4. The van der Waals surface area contributed by atoms with Gasteiger partial charge in [0.15, 0.2) is 18.3 Å². The Morgan fingerprint density at radius 3 is 1.80 bits per heavy atom. The molecule has 0 aromatic heterocycles. The van der Waals surface area contributed by atoms with Crippen LogP contribution in [0, 0.1) is 5.82 Å². The molecule has 0 bridgehead atoms. The van der Waals surface area contributed by atoms with Crippen molar-refractivity contribution < 1.29 is 47.3 Å². The van der Waals surface area contributed by atoms with Crippen molar-refractivity contribution in [1.82, 2.24) is 0 Å². The van der Waals surface area contributed by atoms with Gasteiger partial charge in [-0.3, -0.25) is 19.2 Å². The molecule has 2 rings (SSSR count). The molecule has 0 radical (unpaired) electrons. The summed E-state index contributed by atoms with van der Waals surface area (Å²) in [6, 6.07) is 5.19. The normalized spacial score (nSPS) is 25.7. The highest BCUT2D eigenvalue weighted by atomic mass is 19.1. The fourth-order valence-corrected chi connectivity index (χ4v) is 3.15. The summed E-state index contributed by atoms with van der Waals surface area (Å²) in [6.07, 6.45) is -5.78. The van der Waals surface area contributed by atoms with Gasteiger partial charge in [-0.05, 0) is 17.7 Å². The second kappa shape index (κ2) is 10.1. The predicted octanol–water partition coefficient (Wildman–Crippen LogP) is 1.62. The Labute approximate surface area is 172 Å². The van der Waals surface area contributed by atoms with Crippen LogP contribution < -0.4 is 0 Å². The van der Waals surface area contributed by atoms with Gasteiger partial charge in [-0.2, -0.15) is 0 Å². The fourth-order valence-electron chi connectivity index (χ4n) is 3.15. The summed E-state index contributed by atoms with van der Waals surface area (Å²) in [7, 11) is 0. The molecule has 5 atom stereocenters. The van der Waals surface area contributed by atoms with Crippen molar-refractivity contribution in [1.29, 1.82) is 0 Å². The van der Waals surface area contributed by atoms with Gasteiger partial charge in [0.2, 0.25) is 0 Å². The number of esters is 4. The lowest BCUT2D eigenvalue weighted by Gasteiger charge is -2.44.